The maximum atomic E-state index is 6.40. The second-order valence-corrected chi connectivity index (χ2v) is 8.25. The molecule has 0 aromatic heterocycles. The molecule has 26 heavy (non-hydrogen) atoms. The monoisotopic (exact) mass is 359 g/mol. The lowest BCUT2D eigenvalue weighted by Gasteiger charge is -2.43. The molecular weight excluding hydrogens is 326 g/mol. The fraction of sp³-hybridized carbons (Fsp3) is 0.727. The van der Waals surface area contributed by atoms with Crippen molar-refractivity contribution < 1.29 is 14.2 Å². The smallest absolute Gasteiger partial charge is 0.118 e. The summed E-state index contributed by atoms with van der Waals surface area (Å²) in [4.78, 5) is 2.72. The molecule has 2 heterocycles. The van der Waals surface area contributed by atoms with Gasteiger partial charge in [-0.05, 0) is 62.1 Å². The summed E-state index contributed by atoms with van der Waals surface area (Å²) < 4.78 is 17.3. The fourth-order valence-corrected chi connectivity index (χ4v) is 4.44. The minimum atomic E-state index is 0.411. The van der Waals surface area contributed by atoms with Crippen LogP contribution in [0.15, 0.2) is 24.3 Å². The van der Waals surface area contributed by atoms with E-state index in [4.69, 9.17) is 14.2 Å². The molecule has 0 radical (unpaired) electrons. The van der Waals surface area contributed by atoms with E-state index in [-0.39, 0.29) is 0 Å². The van der Waals surface area contributed by atoms with E-state index in [0.717, 1.165) is 44.5 Å². The fourth-order valence-electron chi connectivity index (χ4n) is 4.44. The van der Waals surface area contributed by atoms with Gasteiger partial charge in [0.1, 0.15) is 5.75 Å². The van der Waals surface area contributed by atoms with Crippen molar-refractivity contribution in [2.75, 3.05) is 40.0 Å². The number of benzene rings is 1. The van der Waals surface area contributed by atoms with E-state index in [2.05, 4.69) is 29.2 Å². The van der Waals surface area contributed by atoms with Crippen molar-refractivity contribution in [3.05, 3.63) is 29.8 Å². The van der Waals surface area contributed by atoms with Crippen LogP contribution in [0.4, 0.5) is 0 Å². The summed E-state index contributed by atoms with van der Waals surface area (Å²) in [5.74, 6) is 2.35. The van der Waals surface area contributed by atoms with E-state index < -0.39 is 0 Å². The Morgan fingerprint density at radius 1 is 1.04 bits per heavy atom. The van der Waals surface area contributed by atoms with Crippen LogP contribution < -0.4 is 4.74 Å². The highest BCUT2D eigenvalue weighted by Crippen LogP contribution is 2.33. The predicted molar refractivity (Wildman–Crippen MR) is 103 cm³/mol. The number of piperidine rings is 1. The minimum Gasteiger partial charge on any atom is -0.497 e. The highest BCUT2D eigenvalue weighted by atomic mass is 16.5. The standard InChI is InChI=1S/C22H33NO3/c1-24-21-6-4-17(5-7-21)14-19-15-23(20-9-12-25-13-10-20)11-8-22(19)26-16-18-2-3-18/h4-7,18-20,22H,2-3,8-16H2,1H3/t19-,22+/m1/s1. The summed E-state index contributed by atoms with van der Waals surface area (Å²) in [6, 6.07) is 9.28. The number of rotatable bonds is 7. The average Bonchev–Trinajstić information content (AvgIpc) is 3.53. The Kier molecular flexibility index (Phi) is 6.13. The number of ether oxygens (including phenoxy) is 3. The lowest BCUT2D eigenvalue weighted by Crippen LogP contribution is -2.50. The Bertz CT molecular complexity index is 551. The summed E-state index contributed by atoms with van der Waals surface area (Å²) in [6.45, 7) is 5.16. The lowest BCUT2D eigenvalue weighted by molar-refractivity contribution is -0.0583. The molecule has 2 saturated heterocycles. The third kappa shape index (κ3) is 4.79. The largest absolute Gasteiger partial charge is 0.497 e. The molecule has 3 aliphatic rings. The number of nitrogens with zero attached hydrogens (tertiary/aromatic N) is 1. The summed E-state index contributed by atoms with van der Waals surface area (Å²) in [5.41, 5.74) is 1.39. The zero-order valence-electron chi connectivity index (χ0n) is 16.1. The highest BCUT2D eigenvalue weighted by Gasteiger charge is 2.35. The van der Waals surface area contributed by atoms with E-state index in [1.54, 1.807) is 7.11 Å². The summed E-state index contributed by atoms with van der Waals surface area (Å²) in [5, 5.41) is 0. The SMILES string of the molecule is COc1ccc(C[C@@H]2CN(C3CCOCC3)CC[C@@H]2OCC2CC2)cc1. The maximum Gasteiger partial charge on any atom is 0.118 e. The van der Waals surface area contributed by atoms with Gasteiger partial charge in [-0.2, -0.15) is 0 Å². The van der Waals surface area contributed by atoms with Crippen molar-refractivity contribution in [3.8, 4) is 5.75 Å². The van der Waals surface area contributed by atoms with Gasteiger partial charge < -0.3 is 14.2 Å². The lowest BCUT2D eigenvalue weighted by atomic mass is 9.87. The van der Waals surface area contributed by atoms with Crippen LogP contribution in [-0.2, 0) is 15.9 Å². The molecule has 0 bridgehead atoms. The van der Waals surface area contributed by atoms with E-state index in [9.17, 15) is 0 Å². The van der Waals surface area contributed by atoms with Gasteiger partial charge >= 0.3 is 0 Å². The van der Waals surface area contributed by atoms with Gasteiger partial charge in [0.15, 0.2) is 0 Å². The number of methoxy groups -OCH3 is 1. The van der Waals surface area contributed by atoms with Crippen molar-refractivity contribution in [1.29, 1.82) is 0 Å². The first-order valence-electron chi connectivity index (χ1n) is 10.4. The molecule has 4 rings (SSSR count). The van der Waals surface area contributed by atoms with Crippen molar-refractivity contribution in [3.63, 3.8) is 0 Å². The Balaban J connectivity index is 1.40. The van der Waals surface area contributed by atoms with E-state index >= 15 is 0 Å². The van der Waals surface area contributed by atoms with Gasteiger partial charge in [0.2, 0.25) is 0 Å². The van der Waals surface area contributed by atoms with Crippen LogP contribution in [0.5, 0.6) is 5.75 Å². The van der Waals surface area contributed by atoms with Crippen molar-refractivity contribution in [2.45, 2.75) is 50.7 Å². The first-order valence-corrected chi connectivity index (χ1v) is 10.4. The quantitative estimate of drug-likeness (QED) is 0.745. The molecule has 4 nitrogen and oxygen atoms in total. The molecule has 144 valence electrons. The van der Waals surface area contributed by atoms with Gasteiger partial charge in [-0.1, -0.05) is 12.1 Å². The van der Waals surface area contributed by atoms with Gasteiger partial charge in [-0.25, -0.2) is 0 Å². The molecule has 0 amide bonds. The molecule has 1 aliphatic carbocycles. The van der Waals surface area contributed by atoms with Crippen LogP contribution in [0, 0.1) is 11.8 Å². The van der Waals surface area contributed by atoms with Crippen LogP contribution in [-0.4, -0.2) is 57.1 Å². The van der Waals surface area contributed by atoms with Crippen molar-refractivity contribution in [1.82, 2.24) is 4.90 Å². The Hall–Kier alpha value is -1.10. The molecule has 0 N–H and O–H groups in total. The molecule has 1 saturated carbocycles. The van der Waals surface area contributed by atoms with Gasteiger partial charge in [0.25, 0.3) is 0 Å². The molecule has 2 aliphatic heterocycles. The van der Waals surface area contributed by atoms with Crippen molar-refractivity contribution >= 4 is 0 Å². The summed E-state index contributed by atoms with van der Waals surface area (Å²) >= 11 is 0. The Labute approximate surface area is 157 Å². The zero-order chi connectivity index (χ0) is 17.8. The van der Waals surface area contributed by atoms with Crippen LogP contribution in [0.25, 0.3) is 0 Å². The zero-order valence-corrected chi connectivity index (χ0v) is 16.1. The molecule has 4 heteroatoms. The molecule has 0 unspecified atom stereocenters. The van der Waals surface area contributed by atoms with Crippen LogP contribution in [0.1, 0.15) is 37.7 Å². The number of hydrogen-bond donors (Lipinski definition) is 0. The number of likely N-dealkylation sites (tertiary alicyclic amines) is 1. The third-order valence-electron chi connectivity index (χ3n) is 6.30. The maximum absolute atomic E-state index is 6.40. The van der Waals surface area contributed by atoms with Crippen LogP contribution >= 0.6 is 0 Å². The molecule has 1 aromatic rings. The number of hydrogen-bond acceptors (Lipinski definition) is 4. The second kappa shape index (κ2) is 8.73. The topological polar surface area (TPSA) is 30.9 Å². The normalized spacial score (nSPS) is 28.2. The second-order valence-electron chi connectivity index (χ2n) is 8.25. The highest BCUT2D eigenvalue weighted by molar-refractivity contribution is 5.27. The first-order chi connectivity index (χ1) is 12.8. The summed E-state index contributed by atoms with van der Waals surface area (Å²) in [6.07, 6.45) is 7.78. The van der Waals surface area contributed by atoms with E-state index in [1.807, 2.05) is 0 Å². The Morgan fingerprint density at radius 2 is 1.81 bits per heavy atom. The molecular formula is C22H33NO3. The van der Waals surface area contributed by atoms with Crippen molar-refractivity contribution in [2.24, 2.45) is 11.8 Å². The van der Waals surface area contributed by atoms with E-state index in [0.29, 0.717) is 18.1 Å². The molecule has 3 fully saturated rings. The summed E-state index contributed by atoms with van der Waals surface area (Å²) in [7, 11) is 1.73. The van der Waals surface area contributed by atoms with Crippen LogP contribution in [0.3, 0.4) is 0 Å². The van der Waals surface area contributed by atoms with Gasteiger partial charge in [0.05, 0.1) is 13.2 Å². The van der Waals surface area contributed by atoms with Crippen LogP contribution in [0.2, 0.25) is 0 Å². The molecule has 0 spiro atoms. The minimum absolute atomic E-state index is 0.411. The third-order valence-corrected chi connectivity index (χ3v) is 6.30. The molecule has 2 atom stereocenters. The predicted octanol–water partition coefficient (Wildman–Crippen LogP) is 3.53. The van der Waals surface area contributed by atoms with E-state index in [1.165, 1.54) is 44.2 Å². The Morgan fingerprint density at radius 3 is 2.50 bits per heavy atom. The van der Waals surface area contributed by atoms with Gasteiger partial charge in [0, 0.05) is 44.9 Å². The average molecular weight is 360 g/mol. The van der Waals surface area contributed by atoms with Gasteiger partial charge in [-0.15, -0.1) is 0 Å². The first kappa shape index (κ1) is 18.3. The van der Waals surface area contributed by atoms with Gasteiger partial charge in [-0.3, -0.25) is 4.90 Å². The molecule has 1 aromatic carbocycles.